The molecular weight excluding hydrogens is 313 g/mol. The number of rotatable bonds is 6. The summed E-state index contributed by atoms with van der Waals surface area (Å²) < 4.78 is 6.46. The van der Waals surface area contributed by atoms with Crippen molar-refractivity contribution >= 4 is 22.6 Å². The molecule has 3 heteroatoms. The number of methoxy groups -OCH3 is 1. The maximum Gasteiger partial charge on any atom is 0.0615 e. The summed E-state index contributed by atoms with van der Waals surface area (Å²) in [5.74, 6) is 0. The third-order valence-electron chi connectivity index (χ3n) is 2.72. The minimum atomic E-state index is 0.372. The van der Waals surface area contributed by atoms with Gasteiger partial charge in [0.2, 0.25) is 0 Å². The number of benzene rings is 1. The SMILES string of the molecule is CCC(COC)NC(C)c1ccc(I)cc1. The van der Waals surface area contributed by atoms with Gasteiger partial charge in [0.25, 0.3) is 0 Å². The molecule has 0 heterocycles. The van der Waals surface area contributed by atoms with Crippen molar-refractivity contribution in [2.45, 2.75) is 32.4 Å². The molecule has 0 aliphatic heterocycles. The van der Waals surface area contributed by atoms with Gasteiger partial charge in [0.05, 0.1) is 6.61 Å². The zero-order valence-electron chi connectivity index (χ0n) is 10.2. The van der Waals surface area contributed by atoms with Crippen LogP contribution in [0.1, 0.15) is 31.9 Å². The average Bonchev–Trinajstić information content (AvgIpc) is 2.29. The molecule has 0 aromatic heterocycles. The Balaban J connectivity index is 2.56. The molecule has 1 aromatic rings. The summed E-state index contributed by atoms with van der Waals surface area (Å²) in [5.41, 5.74) is 1.33. The Kier molecular flexibility index (Phi) is 6.31. The number of hydrogen-bond acceptors (Lipinski definition) is 2. The van der Waals surface area contributed by atoms with E-state index in [0.29, 0.717) is 12.1 Å². The Morgan fingerprint density at radius 2 is 1.94 bits per heavy atom. The summed E-state index contributed by atoms with van der Waals surface area (Å²) in [6.45, 7) is 5.14. The lowest BCUT2D eigenvalue weighted by Gasteiger charge is -2.22. The lowest BCUT2D eigenvalue weighted by Crippen LogP contribution is -2.34. The van der Waals surface area contributed by atoms with Gasteiger partial charge in [0, 0.05) is 22.8 Å². The first-order valence-electron chi connectivity index (χ1n) is 5.67. The number of nitrogens with one attached hydrogen (secondary N) is 1. The number of hydrogen-bond donors (Lipinski definition) is 1. The Morgan fingerprint density at radius 3 is 2.44 bits per heavy atom. The fourth-order valence-electron chi connectivity index (χ4n) is 1.69. The molecule has 90 valence electrons. The van der Waals surface area contributed by atoms with Gasteiger partial charge in [0.1, 0.15) is 0 Å². The van der Waals surface area contributed by atoms with Crippen LogP contribution in [0.25, 0.3) is 0 Å². The van der Waals surface area contributed by atoms with Gasteiger partial charge in [-0.05, 0) is 53.6 Å². The number of ether oxygens (including phenoxy) is 1. The Morgan fingerprint density at radius 1 is 1.31 bits per heavy atom. The summed E-state index contributed by atoms with van der Waals surface area (Å²) in [6, 6.07) is 9.45. The first-order valence-corrected chi connectivity index (χ1v) is 6.75. The van der Waals surface area contributed by atoms with E-state index in [1.807, 2.05) is 0 Å². The highest BCUT2D eigenvalue weighted by atomic mass is 127. The van der Waals surface area contributed by atoms with E-state index in [2.05, 4.69) is 66.0 Å². The normalized spacial score (nSPS) is 14.8. The second-order valence-corrected chi connectivity index (χ2v) is 5.25. The summed E-state index contributed by atoms with van der Waals surface area (Å²) in [7, 11) is 1.75. The molecule has 1 N–H and O–H groups in total. The Bertz CT molecular complexity index is 299. The molecule has 0 amide bonds. The van der Waals surface area contributed by atoms with E-state index in [0.717, 1.165) is 13.0 Å². The van der Waals surface area contributed by atoms with Gasteiger partial charge in [-0.15, -0.1) is 0 Å². The standard InChI is InChI=1S/C13H20INO/c1-4-13(9-16-3)15-10(2)11-5-7-12(14)8-6-11/h5-8,10,13,15H,4,9H2,1-3H3. The van der Waals surface area contributed by atoms with Crippen LogP contribution in [-0.2, 0) is 4.74 Å². The van der Waals surface area contributed by atoms with Gasteiger partial charge in [-0.3, -0.25) is 0 Å². The fourth-order valence-corrected chi connectivity index (χ4v) is 2.05. The predicted molar refractivity (Wildman–Crippen MR) is 76.7 cm³/mol. The summed E-state index contributed by atoms with van der Waals surface area (Å²) in [5, 5.41) is 3.58. The molecular formula is C13H20INO. The van der Waals surface area contributed by atoms with Gasteiger partial charge < -0.3 is 10.1 Å². The van der Waals surface area contributed by atoms with E-state index in [4.69, 9.17) is 4.74 Å². The van der Waals surface area contributed by atoms with Crippen molar-refractivity contribution in [1.29, 1.82) is 0 Å². The van der Waals surface area contributed by atoms with Crippen LogP contribution in [0, 0.1) is 3.57 Å². The van der Waals surface area contributed by atoms with E-state index in [1.165, 1.54) is 9.13 Å². The maximum absolute atomic E-state index is 5.19. The van der Waals surface area contributed by atoms with Crippen molar-refractivity contribution in [3.05, 3.63) is 33.4 Å². The number of halogens is 1. The van der Waals surface area contributed by atoms with Crippen molar-refractivity contribution in [3.63, 3.8) is 0 Å². The third kappa shape index (κ3) is 4.39. The second-order valence-electron chi connectivity index (χ2n) is 4.00. The largest absolute Gasteiger partial charge is 0.383 e. The van der Waals surface area contributed by atoms with Gasteiger partial charge in [-0.1, -0.05) is 19.1 Å². The highest BCUT2D eigenvalue weighted by molar-refractivity contribution is 14.1. The highest BCUT2D eigenvalue weighted by Gasteiger charge is 2.11. The van der Waals surface area contributed by atoms with Crippen molar-refractivity contribution in [1.82, 2.24) is 5.32 Å². The van der Waals surface area contributed by atoms with E-state index >= 15 is 0 Å². The van der Waals surface area contributed by atoms with Crippen molar-refractivity contribution < 1.29 is 4.74 Å². The molecule has 0 bridgehead atoms. The second kappa shape index (κ2) is 7.25. The average molecular weight is 333 g/mol. The van der Waals surface area contributed by atoms with Crippen LogP contribution in [0.4, 0.5) is 0 Å². The van der Waals surface area contributed by atoms with Gasteiger partial charge in [-0.2, -0.15) is 0 Å². The molecule has 0 fully saturated rings. The van der Waals surface area contributed by atoms with E-state index in [9.17, 15) is 0 Å². The van der Waals surface area contributed by atoms with Crippen molar-refractivity contribution in [3.8, 4) is 0 Å². The first kappa shape index (κ1) is 13.9. The minimum absolute atomic E-state index is 0.372. The molecule has 0 aliphatic rings. The summed E-state index contributed by atoms with van der Waals surface area (Å²) in [6.07, 6.45) is 1.09. The summed E-state index contributed by atoms with van der Waals surface area (Å²) >= 11 is 2.33. The quantitative estimate of drug-likeness (QED) is 0.806. The topological polar surface area (TPSA) is 21.3 Å². The van der Waals surface area contributed by atoms with Crippen LogP contribution < -0.4 is 5.32 Å². The monoisotopic (exact) mass is 333 g/mol. The lowest BCUT2D eigenvalue weighted by atomic mass is 10.1. The van der Waals surface area contributed by atoms with Gasteiger partial charge in [0.15, 0.2) is 0 Å². The highest BCUT2D eigenvalue weighted by Crippen LogP contribution is 2.15. The Labute approximate surface area is 112 Å². The zero-order valence-corrected chi connectivity index (χ0v) is 12.3. The zero-order chi connectivity index (χ0) is 12.0. The smallest absolute Gasteiger partial charge is 0.0615 e. The van der Waals surface area contributed by atoms with Gasteiger partial charge in [-0.25, -0.2) is 0 Å². The molecule has 2 nitrogen and oxygen atoms in total. The molecule has 1 aromatic carbocycles. The maximum atomic E-state index is 5.19. The first-order chi connectivity index (χ1) is 7.67. The van der Waals surface area contributed by atoms with Crippen molar-refractivity contribution in [2.24, 2.45) is 0 Å². The van der Waals surface area contributed by atoms with Crippen molar-refractivity contribution in [2.75, 3.05) is 13.7 Å². The minimum Gasteiger partial charge on any atom is -0.383 e. The molecule has 0 radical (unpaired) electrons. The Hall–Kier alpha value is -0.130. The molecule has 0 spiro atoms. The third-order valence-corrected chi connectivity index (χ3v) is 3.44. The van der Waals surface area contributed by atoms with Gasteiger partial charge >= 0.3 is 0 Å². The van der Waals surface area contributed by atoms with Crippen LogP contribution >= 0.6 is 22.6 Å². The van der Waals surface area contributed by atoms with Crippen LogP contribution in [0.2, 0.25) is 0 Å². The molecule has 0 saturated heterocycles. The van der Waals surface area contributed by atoms with E-state index in [1.54, 1.807) is 7.11 Å². The van der Waals surface area contributed by atoms with E-state index < -0.39 is 0 Å². The fraction of sp³-hybridized carbons (Fsp3) is 0.538. The lowest BCUT2D eigenvalue weighted by molar-refractivity contribution is 0.159. The molecule has 2 unspecified atom stereocenters. The predicted octanol–water partition coefficient (Wildman–Crippen LogP) is 3.37. The van der Waals surface area contributed by atoms with Crippen LogP contribution in [0.3, 0.4) is 0 Å². The molecule has 2 atom stereocenters. The molecule has 0 aliphatic carbocycles. The molecule has 0 saturated carbocycles. The van der Waals surface area contributed by atoms with Crippen LogP contribution in [-0.4, -0.2) is 19.8 Å². The summed E-state index contributed by atoms with van der Waals surface area (Å²) in [4.78, 5) is 0. The molecule has 16 heavy (non-hydrogen) atoms. The van der Waals surface area contributed by atoms with Crippen LogP contribution in [0.5, 0.6) is 0 Å². The van der Waals surface area contributed by atoms with Crippen LogP contribution in [0.15, 0.2) is 24.3 Å². The molecule has 1 rings (SSSR count). The van der Waals surface area contributed by atoms with E-state index in [-0.39, 0.29) is 0 Å².